The number of fused-ring (bicyclic) bond motifs is 1. The molecule has 32 heavy (non-hydrogen) atoms. The second-order valence-electron chi connectivity index (χ2n) is 8.64. The average Bonchev–Trinajstić information content (AvgIpc) is 3.44. The number of benzene rings is 2. The van der Waals surface area contributed by atoms with Crippen molar-refractivity contribution >= 4 is 11.0 Å². The predicted molar refractivity (Wildman–Crippen MR) is 123 cm³/mol. The van der Waals surface area contributed by atoms with Crippen molar-refractivity contribution in [2.45, 2.75) is 39.7 Å². The Hall–Kier alpha value is -3.16. The van der Waals surface area contributed by atoms with Crippen molar-refractivity contribution in [2.24, 2.45) is 11.7 Å². The van der Waals surface area contributed by atoms with Gasteiger partial charge in [-0.3, -0.25) is 0 Å². The van der Waals surface area contributed by atoms with E-state index in [1.165, 1.54) is 0 Å². The zero-order valence-corrected chi connectivity index (χ0v) is 18.9. The topological polar surface area (TPSA) is 108 Å². The molecule has 3 N–H and O–H groups in total. The van der Waals surface area contributed by atoms with Crippen molar-refractivity contribution in [3.8, 4) is 28.6 Å². The summed E-state index contributed by atoms with van der Waals surface area (Å²) in [5, 5.41) is 14.7. The van der Waals surface area contributed by atoms with Crippen LogP contribution in [0.1, 0.15) is 38.5 Å². The third kappa shape index (κ3) is 4.26. The molecule has 0 spiro atoms. The van der Waals surface area contributed by atoms with Crippen molar-refractivity contribution in [3.05, 3.63) is 53.8 Å². The minimum Gasteiger partial charge on any atom is -0.493 e. The van der Waals surface area contributed by atoms with Crippen LogP contribution in [0.5, 0.6) is 5.75 Å². The van der Waals surface area contributed by atoms with Crippen LogP contribution < -0.4 is 10.5 Å². The van der Waals surface area contributed by atoms with Gasteiger partial charge in [0.15, 0.2) is 0 Å². The third-order valence-corrected chi connectivity index (χ3v) is 5.60. The van der Waals surface area contributed by atoms with Gasteiger partial charge in [-0.15, -0.1) is 0 Å². The number of aromatic nitrogens is 2. The SMILES string of the molecule is CCC(N)(CO)c1cc2cc(-c3noc(-c4ccc(OCC(C)C)c(C)c4)n3)ccc2o1. The van der Waals surface area contributed by atoms with Gasteiger partial charge in [0, 0.05) is 16.5 Å². The summed E-state index contributed by atoms with van der Waals surface area (Å²) in [6, 6.07) is 13.4. The fourth-order valence-electron chi connectivity index (χ4n) is 3.45. The van der Waals surface area contributed by atoms with Crippen LogP contribution in [0.4, 0.5) is 0 Å². The third-order valence-electron chi connectivity index (χ3n) is 5.60. The van der Waals surface area contributed by atoms with Crippen molar-refractivity contribution in [1.82, 2.24) is 10.1 Å². The zero-order valence-electron chi connectivity index (χ0n) is 18.9. The molecule has 2 aromatic carbocycles. The summed E-state index contributed by atoms with van der Waals surface area (Å²) in [5.74, 6) is 2.80. The number of ether oxygens (including phenoxy) is 1. The van der Waals surface area contributed by atoms with Gasteiger partial charge in [0.2, 0.25) is 5.82 Å². The van der Waals surface area contributed by atoms with E-state index in [9.17, 15) is 5.11 Å². The normalized spacial score (nSPS) is 13.6. The molecule has 0 aliphatic rings. The molecule has 1 atom stereocenters. The second-order valence-corrected chi connectivity index (χ2v) is 8.64. The van der Waals surface area contributed by atoms with Gasteiger partial charge >= 0.3 is 0 Å². The fraction of sp³-hybridized carbons (Fsp3) is 0.360. The minimum absolute atomic E-state index is 0.189. The van der Waals surface area contributed by atoms with Crippen LogP contribution in [0.2, 0.25) is 0 Å². The Labute approximate surface area is 187 Å². The number of rotatable bonds is 8. The summed E-state index contributed by atoms with van der Waals surface area (Å²) < 4.78 is 17.3. The van der Waals surface area contributed by atoms with Crippen LogP contribution in [0.25, 0.3) is 33.8 Å². The number of nitrogens with two attached hydrogens (primary N) is 1. The molecule has 0 saturated carbocycles. The van der Waals surface area contributed by atoms with Crippen molar-refractivity contribution in [2.75, 3.05) is 13.2 Å². The highest BCUT2D eigenvalue weighted by molar-refractivity contribution is 5.83. The summed E-state index contributed by atoms with van der Waals surface area (Å²) >= 11 is 0. The molecule has 0 radical (unpaired) electrons. The maximum atomic E-state index is 9.67. The first-order valence-corrected chi connectivity index (χ1v) is 10.8. The maximum Gasteiger partial charge on any atom is 0.258 e. The van der Waals surface area contributed by atoms with Crippen molar-refractivity contribution in [1.29, 1.82) is 0 Å². The lowest BCUT2D eigenvalue weighted by Crippen LogP contribution is -2.39. The summed E-state index contributed by atoms with van der Waals surface area (Å²) in [5.41, 5.74) is 8.71. The molecule has 0 aliphatic carbocycles. The number of hydrogen-bond acceptors (Lipinski definition) is 7. The smallest absolute Gasteiger partial charge is 0.258 e. The van der Waals surface area contributed by atoms with Crippen LogP contribution in [0.3, 0.4) is 0 Å². The molecular weight excluding hydrogens is 406 g/mol. The maximum absolute atomic E-state index is 9.67. The van der Waals surface area contributed by atoms with Crippen LogP contribution in [-0.4, -0.2) is 28.5 Å². The fourth-order valence-corrected chi connectivity index (χ4v) is 3.45. The van der Waals surface area contributed by atoms with Crippen LogP contribution in [0.15, 0.2) is 51.4 Å². The highest BCUT2D eigenvalue weighted by atomic mass is 16.5. The van der Waals surface area contributed by atoms with Crippen LogP contribution in [-0.2, 0) is 5.54 Å². The van der Waals surface area contributed by atoms with E-state index in [0.29, 0.717) is 42.0 Å². The molecule has 0 bridgehead atoms. The molecule has 4 aromatic rings. The van der Waals surface area contributed by atoms with Crippen LogP contribution in [0, 0.1) is 12.8 Å². The lowest BCUT2D eigenvalue weighted by molar-refractivity contribution is 0.172. The molecule has 4 rings (SSSR count). The zero-order chi connectivity index (χ0) is 22.9. The van der Waals surface area contributed by atoms with Gasteiger partial charge in [-0.2, -0.15) is 4.98 Å². The minimum atomic E-state index is -0.901. The van der Waals surface area contributed by atoms with E-state index in [4.69, 9.17) is 19.4 Å². The van der Waals surface area contributed by atoms with E-state index < -0.39 is 5.54 Å². The first kappa shape index (κ1) is 22.0. The van der Waals surface area contributed by atoms with Gasteiger partial charge in [-0.05, 0) is 67.3 Å². The summed E-state index contributed by atoms with van der Waals surface area (Å²) in [4.78, 5) is 4.58. The van der Waals surface area contributed by atoms with Gasteiger partial charge < -0.3 is 24.5 Å². The molecule has 0 amide bonds. The Bertz CT molecular complexity index is 1220. The number of aryl methyl sites for hydroxylation is 1. The molecule has 0 saturated heterocycles. The van der Waals surface area contributed by atoms with E-state index in [-0.39, 0.29) is 6.61 Å². The summed E-state index contributed by atoms with van der Waals surface area (Å²) in [6.07, 6.45) is 0.561. The number of aliphatic hydroxyl groups excluding tert-OH is 1. The molecule has 168 valence electrons. The van der Waals surface area contributed by atoms with Crippen LogP contribution >= 0.6 is 0 Å². The molecule has 2 heterocycles. The Morgan fingerprint density at radius 3 is 2.59 bits per heavy atom. The van der Waals surface area contributed by atoms with Crippen molar-refractivity contribution < 1.29 is 18.8 Å². The Morgan fingerprint density at radius 1 is 1.12 bits per heavy atom. The van der Waals surface area contributed by atoms with Gasteiger partial charge in [0.05, 0.1) is 18.8 Å². The molecule has 7 nitrogen and oxygen atoms in total. The van der Waals surface area contributed by atoms with E-state index in [2.05, 4.69) is 24.0 Å². The standard InChI is InChI=1S/C25H29N3O4/c1-5-25(26,14-29)22-12-19-11-17(6-9-21(19)31-22)23-27-24(32-28-23)18-7-8-20(16(4)10-18)30-13-15(2)3/h6-12,15,29H,5,13-14,26H2,1-4H3. The largest absolute Gasteiger partial charge is 0.493 e. The molecular formula is C25H29N3O4. The van der Waals surface area contributed by atoms with Gasteiger partial charge in [0.1, 0.15) is 17.1 Å². The Balaban J connectivity index is 1.60. The summed E-state index contributed by atoms with van der Waals surface area (Å²) in [6.45, 7) is 8.64. The van der Waals surface area contributed by atoms with E-state index >= 15 is 0 Å². The molecule has 7 heteroatoms. The molecule has 2 aromatic heterocycles. The highest BCUT2D eigenvalue weighted by Gasteiger charge is 2.28. The van der Waals surface area contributed by atoms with Gasteiger partial charge in [-0.1, -0.05) is 25.9 Å². The lowest BCUT2D eigenvalue weighted by atomic mass is 9.95. The first-order valence-electron chi connectivity index (χ1n) is 10.8. The average molecular weight is 436 g/mol. The molecule has 0 fully saturated rings. The number of hydrogen-bond donors (Lipinski definition) is 2. The Kier molecular flexibility index (Phi) is 6.04. The predicted octanol–water partition coefficient (Wildman–Crippen LogP) is 5.05. The Morgan fingerprint density at radius 2 is 1.91 bits per heavy atom. The lowest BCUT2D eigenvalue weighted by Gasteiger charge is -2.22. The van der Waals surface area contributed by atoms with E-state index in [1.807, 2.05) is 56.3 Å². The quantitative estimate of drug-likeness (QED) is 0.399. The number of aliphatic hydroxyl groups is 1. The second kappa shape index (κ2) is 8.76. The highest BCUT2D eigenvalue weighted by Crippen LogP contribution is 2.32. The van der Waals surface area contributed by atoms with Gasteiger partial charge in [0.25, 0.3) is 5.89 Å². The van der Waals surface area contributed by atoms with Gasteiger partial charge in [-0.25, -0.2) is 0 Å². The molecule has 0 aliphatic heterocycles. The molecule has 1 unspecified atom stereocenters. The number of furan rings is 1. The van der Waals surface area contributed by atoms with Crippen molar-refractivity contribution in [3.63, 3.8) is 0 Å². The number of nitrogens with zero attached hydrogens (tertiary/aromatic N) is 2. The summed E-state index contributed by atoms with van der Waals surface area (Å²) in [7, 11) is 0. The first-order chi connectivity index (χ1) is 15.3. The monoisotopic (exact) mass is 435 g/mol. The van der Waals surface area contributed by atoms with E-state index in [1.54, 1.807) is 0 Å². The van der Waals surface area contributed by atoms with E-state index in [0.717, 1.165) is 27.8 Å².